The fraction of sp³-hybridized carbons (Fsp3) is 0.486. The molecule has 0 amide bonds. The Bertz CT molecular complexity index is 1660. The zero-order valence-corrected chi connectivity index (χ0v) is 26.1. The summed E-state index contributed by atoms with van der Waals surface area (Å²) in [5.41, 5.74) is 2.79. The van der Waals surface area contributed by atoms with Gasteiger partial charge in [0.25, 0.3) is 0 Å². The lowest BCUT2D eigenvalue weighted by Crippen LogP contribution is -2.60. The van der Waals surface area contributed by atoms with Crippen molar-refractivity contribution in [1.82, 2.24) is 4.98 Å². The van der Waals surface area contributed by atoms with Crippen LogP contribution >= 0.6 is 0 Å². The van der Waals surface area contributed by atoms with Crippen LogP contribution < -0.4 is 4.74 Å². The predicted molar refractivity (Wildman–Crippen MR) is 165 cm³/mol. The summed E-state index contributed by atoms with van der Waals surface area (Å²) >= 11 is 0. The van der Waals surface area contributed by atoms with Gasteiger partial charge < -0.3 is 39.3 Å². The van der Waals surface area contributed by atoms with E-state index in [0.717, 1.165) is 47.8 Å². The van der Waals surface area contributed by atoms with E-state index in [1.165, 1.54) is 12.1 Å². The second-order valence-electron chi connectivity index (χ2n) is 12.7. The summed E-state index contributed by atoms with van der Waals surface area (Å²) in [7, 11) is 0. The Morgan fingerprint density at radius 2 is 1.79 bits per heavy atom. The van der Waals surface area contributed by atoms with Gasteiger partial charge in [0.15, 0.2) is 6.10 Å². The van der Waals surface area contributed by atoms with Crippen LogP contribution in [-0.2, 0) is 43.0 Å². The molecule has 6 rings (SSSR count). The van der Waals surface area contributed by atoms with E-state index in [2.05, 4.69) is 11.6 Å². The van der Waals surface area contributed by atoms with Gasteiger partial charge in [-0.05, 0) is 72.6 Å². The number of aliphatic hydroxyl groups is 3. The van der Waals surface area contributed by atoms with E-state index in [-0.39, 0.29) is 31.5 Å². The zero-order chi connectivity index (χ0) is 34.2. The number of rotatable bonds is 10. The van der Waals surface area contributed by atoms with E-state index in [0.29, 0.717) is 29.7 Å². The summed E-state index contributed by atoms with van der Waals surface area (Å²) in [5, 5.41) is 31.6. The van der Waals surface area contributed by atoms with Crippen molar-refractivity contribution in [2.75, 3.05) is 6.61 Å². The maximum atomic E-state index is 13.9. The van der Waals surface area contributed by atoms with Crippen LogP contribution in [0.3, 0.4) is 0 Å². The molecule has 1 aliphatic heterocycles. The molecule has 3 aliphatic rings. The molecule has 48 heavy (non-hydrogen) atoms. The zero-order valence-electron chi connectivity index (χ0n) is 26.1. The summed E-state index contributed by atoms with van der Waals surface area (Å²) < 4.78 is 63.3. The number of H-pyrrole nitrogens is 1. The highest BCUT2D eigenvalue weighted by molar-refractivity contribution is 5.87. The van der Waals surface area contributed by atoms with Gasteiger partial charge in [0.2, 0.25) is 6.29 Å². The second kappa shape index (κ2) is 13.9. The van der Waals surface area contributed by atoms with Crippen LogP contribution in [-0.4, -0.2) is 69.6 Å². The fourth-order valence-corrected chi connectivity index (χ4v) is 7.06. The van der Waals surface area contributed by atoms with Crippen LogP contribution in [0.25, 0.3) is 10.9 Å². The summed E-state index contributed by atoms with van der Waals surface area (Å²) in [6.07, 6.45) is -7.42. The van der Waals surface area contributed by atoms with E-state index in [1.807, 2.05) is 12.1 Å². The molecule has 2 aliphatic carbocycles. The number of hydrogen-bond donors (Lipinski definition) is 4. The Kier molecular flexibility index (Phi) is 9.84. The number of aromatic amines is 1. The maximum absolute atomic E-state index is 13.9. The molecule has 1 saturated heterocycles. The quantitative estimate of drug-likeness (QED) is 0.174. The van der Waals surface area contributed by atoms with Gasteiger partial charge in [-0.2, -0.15) is 13.2 Å². The number of benzene rings is 2. The minimum absolute atomic E-state index is 0.0335. The van der Waals surface area contributed by atoms with Crippen molar-refractivity contribution in [1.29, 1.82) is 0 Å². The van der Waals surface area contributed by atoms with E-state index in [4.69, 9.17) is 18.9 Å². The number of nitrogens with one attached hydrogen (secondary N) is 1. The van der Waals surface area contributed by atoms with E-state index < -0.39 is 54.4 Å². The predicted octanol–water partition coefficient (Wildman–Crippen LogP) is 4.92. The molecule has 13 heteroatoms. The Hall–Kier alpha value is -3.91. The lowest BCUT2D eigenvalue weighted by Gasteiger charge is -2.38. The van der Waals surface area contributed by atoms with Crippen molar-refractivity contribution in [3.05, 3.63) is 77.0 Å². The number of halogens is 3. The summed E-state index contributed by atoms with van der Waals surface area (Å²) in [5.74, 6) is -1.61. The standard InChI is InChI=1S/C35H38F3NO9/c1-2-13-45-33(44)32-30(42)29(41)31(43)34(48-32)47-27(40)15-20-8-11-23-24-16-21(9-12-26(24)39-28(20)23)46-17-18-7-10-22(19-5-3-4-6-19)25(14-18)35(36,37)38/h2,7,9-10,12,14,16,19-20,29-32,34,39,41-43H,1,3-6,8,11,13,15,17H2/t20-,29+,30+,31-,32+,34?/m1/s1. The largest absolute Gasteiger partial charge is 0.489 e. The van der Waals surface area contributed by atoms with Gasteiger partial charge >= 0.3 is 18.1 Å². The molecule has 4 N–H and O–H groups in total. The normalized spacial score (nSPS) is 26.0. The van der Waals surface area contributed by atoms with E-state index in [1.54, 1.807) is 18.2 Å². The summed E-state index contributed by atoms with van der Waals surface area (Å²) in [6.45, 7) is 3.22. The molecular weight excluding hydrogens is 635 g/mol. The molecule has 0 radical (unpaired) electrons. The number of aromatic nitrogens is 1. The number of aliphatic hydroxyl groups excluding tert-OH is 3. The van der Waals surface area contributed by atoms with Crippen molar-refractivity contribution in [2.24, 2.45) is 0 Å². The third-order valence-corrected chi connectivity index (χ3v) is 9.49. The third-order valence-electron chi connectivity index (χ3n) is 9.49. The summed E-state index contributed by atoms with van der Waals surface area (Å²) in [4.78, 5) is 28.5. The van der Waals surface area contributed by atoms with Crippen LogP contribution in [0.4, 0.5) is 13.2 Å². The van der Waals surface area contributed by atoms with Crippen molar-refractivity contribution >= 4 is 22.8 Å². The average molecular weight is 674 g/mol. The molecule has 1 unspecified atom stereocenters. The van der Waals surface area contributed by atoms with Crippen LogP contribution in [0.5, 0.6) is 5.75 Å². The average Bonchev–Trinajstić information content (AvgIpc) is 3.81. The molecule has 10 nitrogen and oxygen atoms in total. The smallest absolute Gasteiger partial charge is 0.416 e. The molecule has 1 aromatic heterocycles. The minimum Gasteiger partial charge on any atom is -0.489 e. The first-order chi connectivity index (χ1) is 22.9. The third kappa shape index (κ3) is 6.95. The van der Waals surface area contributed by atoms with Crippen LogP contribution in [0.1, 0.15) is 78.3 Å². The van der Waals surface area contributed by atoms with Gasteiger partial charge in [-0.1, -0.05) is 37.6 Å². The van der Waals surface area contributed by atoms with Crippen LogP contribution in [0.15, 0.2) is 49.1 Å². The maximum Gasteiger partial charge on any atom is 0.416 e. The van der Waals surface area contributed by atoms with Gasteiger partial charge in [-0.3, -0.25) is 4.79 Å². The lowest BCUT2D eigenvalue weighted by molar-refractivity contribution is -0.287. The topological polar surface area (TPSA) is 148 Å². The highest BCUT2D eigenvalue weighted by atomic mass is 19.4. The molecular formula is C35H38F3NO9. The number of carbonyl (C=O) groups is 2. The van der Waals surface area contributed by atoms with Gasteiger partial charge in [0.05, 0.1) is 12.0 Å². The molecule has 1 saturated carbocycles. The molecule has 258 valence electrons. The molecule has 2 aromatic carbocycles. The Morgan fingerprint density at radius 1 is 1.02 bits per heavy atom. The van der Waals surface area contributed by atoms with Crippen molar-refractivity contribution in [2.45, 2.75) is 100 Å². The number of aryl methyl sites for hydroxylation is 1. The SMILES string of the molecule is C=CCOC(=O)[C@H]1OC(OC(=O)C[C@H]2CCc3c2[nH]c2ccc(OCc4ccc(C5CCCC5)c(C(F)(F)F)c4)cc32)[C@H](O)[C@@H](O)[C@@H]1O. The summed E-state index contributed by atoms with van der Waals surface area (Å²) in [6, 6.07) is 9.86. The Balaban J connectivity index is 1.10. The number of fused-ring (bicyclic) bond motifs is 3. The molecule has 3 aromatic rings. The van der Waals surface area contributed by atoms with Crippen molar-refractivity contribution in [3.63, 3.8) is 0 Å². The Labute approximate surface area is 274 Å². The van der Waals surface area contributed by atoms with Crippen LogP contribution in [0, 0.1) is 0 Å². The highest BCUT2D eigenvalue weighted by Crippen LogP contribution is 2.43. The number of ether oxygens (including phenoxy) is 4. The first-order valence-electron chi connectivity index (χ1n) is 16.1. The van der Waals surface area contributed by atoms with E-state index in [9.17, 15) is 38.1 Å². The first kappa shape index (κ1) is 34.0. The van der Waals surface area contributed by atoms with Crippen molar-refractivity contribution in [3.8, 4) is 5.75 Å². The lowest BCUT2D eigenvalue weighted by atomic mass is 9.91. The van der Waals surface area contributed by atoms with Gasteiger partial charge in [0.1, 0.15) is 37.3 Å². The second-order valence-corrected chi connectivity index (χ2v) is 12.7. The van der Waals surface area contributed by atoms with E-state index >= 15 is 0 Å². The monoisotopic (exact) mass is 673 g/mol. The Morgan fingerprint density at radius 3 is 2.52 bits per heavy atom. The molecule has 2 fully saturated rings. The molecule has 2 heterocycles. The fourth-order valence-electron chi connectivity index (χ4n) is 7.06. The molecule has 0 spiro atoms. The van der Waals surface area contributed by atoms with Crippen LogP contribution in [0.2, 0.25) is 0 Å². The number of esters is 2. The first-order valence-corrected chi connectivity index (χ1v) is 16.1. The molecule has 0 bridgehead atoms. The number of carbonyl (C=O) groups excluding carboxylic acids is 2. The van der Waals surface area contributed by atoms with Crippen molar-refractivity contribution < 1.29 is 57.0 Å². The minimum atomic E-state index is -4.45. The molecule has 6 atom stereocenters. The number of hydrogen-bond acceptors (Lipinski definition) is 9. The number of alkyl halides is 3. The van der Waals surface area contributed by atoms with Gasteiger partial charge in [-0.15, -0.1) is 0 Å². The van der Waals surface area contributed by atoms with Gasteiger partial charge in [0, 0.05) is 22.5 Å². The highest BCUT2D eigenvalue weighted by Gasteiger charge is 2.49. The van der Waals surface area contributed by atoms with Gasteiger partial charge in [-0.25, -0.2) is 4.79 Å².